The van der Waals surface area contributed by atoms with Crippen molar-refractivity contribution in [2.24, 2.45) is 0 Å². The Balaban J connectivity index is 1.29. The van der Waals surface area contributed by atoms with Crippen LogP contribution in [-0.2, 0) is 33.2 Å². The van der Waals surface area contributed by atoms with E-state index < -0.39 is 85.8 Å². The lowest BCUT2D eigenvalue weighted by atomic mass is 9.99. The molecule has 2 heterocycles. The normalized spacial score (nSPS) is 26.9. The van der Waals surface area contributed by atoms with E-state index in [-0.39, 0.29) is 22.3 Å². The molecule has 2 saturated heterocycles. The summed E-state index contributed by atoms with van der Waals surface area (Å²) in [5.41, 5.74) is 0.769. The molecule has 2 N–H and O–H groups in total. The van der Waals surface area contributed by atoms with Crippen LogP contribution in [0.5, 0.6) is 0 Å². The van der Waals surface area contributed by atoms with Crippen LogP contribution < -0.4 is 0 Å². The van der Waals surface area contributed by atoms with E-state index in [2.05, 4.69) is 0 Å². The smallest absolute Gasteiger partial charge is 0.338 e. The number of aliphatic hydroxyl groups is 2. The van der Waals surface area contributed by atoms with Crippen molar-refractivity contribution >= 4 is 23.9 Å². The summed E-state index contributed by atoms with van der Waals surface area (Å²) in [6, 6.07) is 32.2. The molecule has 0 amide bonds. The highest BCUT2D eigenvalue weighted by atomic mass is 16.8. The zero-order valence-corrected chi connectivity index (χ0v) is 27.8. The number of aliphatic hydroxyl groups excluding tert-OH is 2. The number of hydrogen-bond donors (Lipinski definition) is 2. The number of esters is 4. The summed E-state index contributed by atoms with van der Waals surface area (Å²) in [4.78, 5) is 52.6. The molecule has 0 spiro atoms. The van der Waals surface area contributed by atoms with Crippen molar-refractivity contribution in [2.45, 2.75) is 62.2 Å². The van der Waals surface area contributed by atoms with Gasteiger partial charge in [-0.15, -0.1) is 0 Å². The first-order valence-electron chi connectivity index (χ1n) is 16.5. The van der Waals surface area contributed by atoms with Gasteiger partial charge in [-0.1, -0.05) is 72.8 Å². The monoisotopic (exact) mass is 712 g/mol. The van der Waals surface area contributed by atoms with Crippen LogP contribution in [0.4, 0.5) is 0 Å². The fraction of sp³-hybridized carbons (Fsp3) is 0.282. The molecule has 4 aromatic carbocycles. The van der Waals surface area contributed by atoms with Gasteiger partial charge < -0.3 is 43.4 Å². The van der Waals surface area contributed by atoms with E-state index in [0.717, 1.165) is 0 Å². The van der Waals surface area contributed by atoms with Gasteiger partial charge in [-0.05, 0) is 55.5 Å². The first-order chi connectivity index (χ1) is 25.2. The molecule has 9 atom stereocenters. The summed E-state index contributed by atoms with van der Waals surface area (Å²) in [6.07, 6.45) is -13.1. The Morgan fingerprint density at radius 3 is 1.40 bits per heavy atom. The minimum Gasteiger partial charge on any atom is -0.459 e. The van der Waals surface area contributed by atoms with Crippen LogP contribution in [0.25, 0.3) is 0 Å². The van der Waals surface area contributed by atoms with Crippen molar-refractivity contribution in [3.8, 4) is 0 Å². The molecular weight excluding hydrogens is 676 g/mol. The Labute approximate surface area is 298 Å². The number of carbonyl (C=O) groups is 4. The third kappa shape index (κ3) is 8.53. The Kier molecular flexibility index (Phi) is 11.7. The molecule has 2 aliphatic rings. The molecule has 0 saturated carbocycles. The molecule has 2 fully saturated rings. The van der Waals surface area contributed by atoms with Crippen LogP contribution >= 0.6 is 0 Å². The highest BCUT2D eigenvalue weighted by molar-refractivity contribution is 5.91. The average Bonchev–Trinajstić information content (AvgIpc) is 3.49. The second-order valence-electron chi connectivity index (χ2n) is 12.0. The maximum Gasteiger partial charge on any atom is 0.338 e. The van der Waals surface area contributed by atoms with Gasteiger partial charge in [-0.3, -0.25) is 0 Å². The number of carbonyl (C=O) groups excluding carboxylic acids is 4. The second kappa shape index (κ2) is 16.7. The summed E-state index contributed by atoms with van der Waals surface area (Å²) in [5.74, 6) is -3.13. The summed E-state index contributed by atoms with van der Waals surface area (Å²) in [7, 11) is 0. The Bertz CT molecular complexity index is 1810. The molecule has 270 valence electrons. The number of ether oxygens (including phenoxy) is 7. The highest BCUT2D eigenvalue weighted by Crippen LogP contribution is 2.34. The van der Waals surface area contributed by atoms with Gasteiger partial charge in [0, 0.05) is 0 Å². The fourth-order valence-corrected chi connectivity index (χ4v) is 5.80. The van der Waals surface area contributed by atoms with Gasteiger partial charge in [0.1, 0.15) is 24.9 Å². The minimum atomic E-state index is -1.72. The number of benzene rings is 4. The van der Waals surface area contributed by atoms with Crippen LogP contribution in [-0.4, -0.2) is 96.0 Å². The van der Waals surface area contributed by atoms with Crippen LogP contribution in [0.2, 0.25) is 0 Å². The largest absolute Gasteiger partial charge is 0.459 e. The van der Waals surface area contributed by atoms with Gasteiger partial charge >= 0.3 is 23.9 Å². The van der Waals surface area contributed by atoms with Crippen LogP contribution in [0.1, 0.15) is 48.4 Å². The SMILES string of the molecule is C[C@@H]1O[C@@H](O)[C@H](OC(=O)c2ccccc2)[C@H](O)[C@H]1O[C@@H]1O[C@@H](COC(=O)c2ccccc2)[C@H](OC(=O)c2ccccc2)[C@H]1OC(=O)c1ccccc1. The lowest BCUT2D eigenvalue weighted by Crippen LogP contribution is -2.60. The summed E-state index contributed by atoms with van der Waals surface area (Å²) in [6.45, 7) is 1.04. The van der Waals surface area contributed by atoms with Crippen molar-refractivity contribution in [3.05, 3.63) is 144 Å². The van der Waals surface area contributed by atoms with Crippen LogP contribution in [0.15, 0.2) is 121 Å². The molecule has 2 aliphatic heterocycles. The van der Waals surface area contributed by atoms with Gasteiger partial charge in [-0.2, -0.15) is 0 Å². The predicted octanol–water partition coefficient (Wildman–Crippen LogP) is 3.73. The maximum absolute atomic E-state index is 13.5. The lowest BCUT2D eigenvalue weighted by molar-refractivity contribution is -0.312. The Morgan fingerprint density at radius 1 is 0.538 bits per heavy atom. The van der Waals surface area contributed by atoms with Crippen molar-refractivity contribution in [1.29, 1.82) is 0 Å². The lowest BCUT2D eigenvalue weighted by Gasteiger charge is -2.42. The van der Waals surface area contributed by atoms with Crippen LogP contribution in [0.3, 0.4) is 0 Å². The van der Waals surface area contributed by atoms with Crippen molar-refractivity contribution < 1.29 is 62.5 Å². The van der Waals surface area contributed by atoms with E-state index >= 15 is 0 Å². The van der Waals surface area contributed by atoms with Crippen molar-refractivity contribution in [1.82, 2.24) is 0 Å². The molecule has 52 heavy (non-hydrogen) atoms. The third-order valence-corrected chi connectivity index (χ3v) is 8.48. The highest BCUT2D eigenvalue weighted by Gasteiger charge is 2.55. The molecule has 0 radical (unpaired) electrons. The number of rotatable bonds is 11. The molecule has 4 aromatic rings. The first kappa shape index (κ1) is 36.4. The van der Waals surface area contributed by atoms with E-state index in [4.69, 9.17) is 33.2 Å². The van der Waals surface area contributed by atoms with Gasteiger partial charge in [0.05, 0.1) is 28.4 Å². The van der Waals surface area contributed by atoms with Gasteiger partial charge in [0.2, 0.25) is 0 Å². The second-order valence-corrected chi connectivity index (χ2v) is 12.0. The summed E-state index contributed by atoms with van der Waals surface area (Å²) in [5, 5.41) is 22.1. The van der Waals surface area contributed by atoms with E-state index in [9.17, 15) is 29.4 Å². The third-order valence-electron chi connectivity index (χ3n) is 8.48. The van der Waals surface area contributed by atoms with Gasteiger partial charge in [-0.25, -0.2) is 19.2 Å². The minimum absolute atomic E-state index is 0.166. The van der Waals surface area contributed by atoms with Gasteiger partial charge in [0.25, 0.3) is 0 Å². The molecule has 13 nitrogen and oxygen atoms in total. The van der Waals surface area contributed by atoms with E-state index in [1.54, 1.807) is 84.9 Å². The van der Waals surface area contributed by atoms with Gasteiger partial charge in [0.15, 0.2) is 30.9 Å². The molecule has 0 bridgehead atoms. The quantitative estimate of drug-likeness (QED) is 0.170. The van der Waals surface area contributed by atoms with Crippen molar-refractivity contribution in [3.63, 3.8) is 0 Å². The van der Waals surface area contributed by atoms with E-state index in [0.29, 0.717) is 0 Å². The zero-order valence-electron chi connectivity index (χ0n) is 27.8. The van der Waals surface area contributed by atoms with E-state index in [1.165, 1.54) is 43.3 Å². The maximum atomic E-state index is 13.5. The zero-order chi connectivity index (χ0) is 36.6. The molecule has 6 rings (SSSR count). The molecule has 0 aliphatic carbocycles. The average molecular weight is 713 g/mol. The predicted molar refractivity (Wildman–Crippen MR) is 180 cm³/mol. The topological polar surface area (TPSA) is 173 Å². The molecule has 0 unspecified atom stereocenters. The Hall–Kier alpha value is -5.44. The Morgan fingerprint density at radius 2 is 0.942 bits per heavy atom. The summed E-state index contributed by atoms with van der Waals surface area (Å²) < 4.78 is 40.8. The van der Waals surface area contributed by atoms with Crippen molar-refractivity contribution in [2.75, 3.05) is 6.61 Å². The number of hydrogen-bond acceptors (Lipinski definition) is 13. The first-order valence-corrected chi connectivity index (χ1v) is 16.5. The summed E-state index contributed by atoms with van der Waals surface area (Å²) >= 11 is 0. The standard InChI is InChI=1S/C39H36O13/c1-23-30(29(40)32(38(45)47-23)50-36(43)26-18-10-4-11-19-26)52-39-33(51-37(44)27-20-12-5-13-21-27)31(49-35(42)25-16-8-3-9-17-25)28(48-39)22-46-34(41)24-14-6-2-7-15-24/h2-21,23,28-33,38-40,45H,22H2,1H3/t23-,28-,29+,30-,31-,32+,33+,38+,39-/m0/s1. The van der Waals surface area contributed by atoms with E-state index in [1.807, 2.05) is 0 Å². The molecular formula is C39H36O13. The molecule has 13 heteroatoms. The fourth-order valence-electron chi connectivity index (χ4n) is 5.80. The molecule has 0 aromatic heterocycles. The van der Waals surface area contributed by atoms with Crippen LogP contribution in [0, 0.1) is 0 Å².